The summed E-state index contributed by atoms with van der Waals surface area (Å²) in [7, 11) is 1.79. The molecule has 0 radical (unpaired) electrons. The van der Waals surface area contributed by atoms with Gasteiger partial charge in [0.15, 0.2) is 0 Å². The van der Waals surface area contributed by atoms with Gasteiger partial charge >= 0.3 is 0 Å². The first-order valence-corrected chi connectivity index (χ1v) is 6.62. The van der Waals surface area contributed by atoms with E-state index in [1.807, 2.05) is 6.20 Å². The molecule has 1 fully saturated rings. The van der Waals surface area contributed by atoms with Crippen LogP contribution < -0.4 is 10.2 Å². The van der Waals surface area contributed by atoms with Crippen molar-refractivity contribution in [2.75, 3.05) is 31.6 Å². The second kappa shape index (κ2) is 6.66. The number of rotatable bonds is 5. The van der Waals surface area contributed by atoms with Gasteiger partial charge in [0.05, 0.1) is 6.10 Å². The highest BCUT2D eigenvalue weighted by atomic mass is 16.5. The van der Waals surface area contributed by atoms with Crippen molar-refractivity contribution in [3.05, 3.63) is 18.1 Å². The molecule has 1 N–H and O–H groups in total. The molecule has 2 rings (SSSR count). The summed E-state index contributed by atoms with van der Waals surface area (Å²) >= 11 is 0. The Labute approximate surface area is 109 Å². The predicted octanol–water partition coefficient (Wildman–Crippen LogP) is 1.20. The predicted molar refractivity (Wildman–Crippen MR) is 71.7 cm³/mol. The molecule has 2 heterocycles. The largest absolute Gasteiger partial charge is 0.380 e. The summed E-state index contributed by atoms with van der Waals surface area (Å²) in [5, 5.41) is 3.33. The molecule has 5 heteroatoms. The Kier molecular flexibility index (Phi) is 4.90. The first-order valence-electron chi connectivity index (χ1n) is 6.62. The number of ether oxygens (including phenoxy) is 1. The standard InChI is InChI=1S/C13H22N4O/c1-3-14-7-11-8-15-10-16-13(11)17-6-4-5-12(9-17)18-2/h8,10,12,14H,3-7,9H2,1-2H3. The molecule has 5 nitrogen and oxygen atoms in total. The molecule has 0 aliphatic carbocycles. The van der Waals surface area contributed by atoms with Gasteiger partial charge in [-0.2, -0.15) is 0 Å². The molecule has 1 aromatic rings. The van der Waals surface area contributed by atoms with Crippen LogP contribution in [0, 0.1) is 0 Å². The van der Waals surface area contributed by atoms with E-state index in [0.29, 0.717) is 6.10 Å². The summed E-state index contributed by atoms with van der Waals surface area (Å²) in [6.07, 6.45) is 6.15. The maximum Gasteiger partial charge on any atom is 0.136 e. The molecule has 0 aromatic carbocycles. The number of nitrogens with zero attached hydrogens (tertiary/aromatic N) is 3. The van der Waals surface area contributed by atoms with Gasteiger partial charge in [0.25, 0.3) is 0 Å². The quantitative estimate of drug-likeness (QED) is 0.851. The molecule has 100 valence electrons. The lowest BCUT2D eigenvalue weighted by Gasteiger charge is -2.33. The van der Waals surface area contributed by atoms with Gasteiger partial charge in [-0.05, 0) is 19.4 Å². The van der Waals surface area contributed by atoms with Crippen LogP contribution in [-0.4, -0.2) is 42.8 Å². The summed E-state index contributed by atoms with van der Waals surface area (Å²) in [4.78, 5) is 10.9. The van der Waals surface area contributed by atoms with Crippen molar-refractivity contribution in [3.63, 3.8) is 0 Å². The van der Waals surface area contributed by atoms with Gasteiger partial charge in [-0.1, -0.05) is 6.92 Å². The van der Waals surface area contributed by atoms with Crippen LogP contribution in [-0.2, 0) is 11.3 Å². The Bertz CT molecular complexity index is 372. The van der Waals surface area contributed by atoms with Crippen LogP contribution in [0.15, 0.2) is 12.5 Å². The molecule has 1 aliphatic rings. The zero-order valence-corrected chi connectivity index (χ0v) is 11.2. The lowest BCUT2D eigenvalue weighted by molar-refractivity contribution is 0.0891. The third-order valence-corrected chi connectivity index (χ3v) is 3.34. The maximum absolute atomic E-state index is 5.46. The summed E-state index contributed by atoms with van der Waals surface area (Å²) < 4.78 is 5.46. The number of anilines is 1. The van der Waals surface area contributed by atoms with Gasteiger partial charge in [0, 0.05) is 38.5 Å². The first-order chi connectivity index (χ1) is 8.85. The van der Waals surface area contributed by atoms with Gasteiger partial charge in [-0.15, -0.1) is 0 Å². The van der Waals surface area contributed by atoms with E-state index in [1.54, 1.807) is 13.4 Å². The molecule has 1 unspecified atom stereocenters. The Morgan fingerprint density at radius 2 is 2.44 bits per heavy atom. The second-order valence-electron chi connectivity index (χ2n) is 4.60. The molecule has 0 bridgehead atoms. The summed E-state index contributed by atoms with van der Waals surface area (Å²) in [6, 6.07) is 0. The van der Waals surface area contributed by atoms with Crippen molar-refractivity contribution < 1.29 is 4.74 Å². The fraction of sp³-hybridized carbons (Fsp3) is 0.692. The number of hydrogen-bond donors (Lipinski definition) is 1. The van der Waals surface area contributed by atoms with E-state index in [1.165, 1.54) is 0 Å². The van der Waals surface area contributed by atoms with Crippen molar-refractivity contribution in [2.24, 2.45) is 0 Å². The minimum atomic E-state index is 0.320. The van der Waals surface area contributed by atoms with Crippen LogP contribution in [0.2, 0.25) is 0 Å². The van der Waals surface area contributed by atoms with Crippen LogP contribution in [0.5, 0.6) is 0 Å². The topological polar surface area (TPSA) is 50.3 Å². The Morgan fingerprint density at radius 1 is 1.56 bits per heavy atom. The Morgan fingerprint density at radius 3 is 3.22 bits per heavy atom. The van der Waals surface area contributed by atoms with Crippen LogP contribution in [0.4, 0.5) is 5.82 Å². The van der Waals surface area contributed by atoms with Crippen LogP contribution in [0.3, 0.4) is 0 Å². The third-order valence-electron chi connectivity index (χ3n) is 3.34. The maximum atomic E-state index is 5.46. The molecule has 1 saturated heterocycles. The SMILES string of the molecule is CCNCc1cncnc1N1CCCC(OC)C1. The molecular weight excluding hydrogens is 228 g/mol. The van der Waals surface area contributed by atoms with E-state index < -0.39 is 0 Å². The highest BCUT2D eigenvalue weighted by Gasteiger charge is 2.22. The van der Waals surface area contributed by atoms with E-state index in [2.05, 4.69) is 27.1 Å². The van der Waals surface area contributed by atoms with E-state index >= 15 is 0 Å². The average Bonchev–Trinajstić information content (AvgIpc) is 2.45. The number of aromatic nitrogens is 2. The number of nitrogens with one attached hydrogen (secondary N) is 1. The molecule has 1 aromatic heterocycles. The van der Waals surface area contributed by atoms with E-state index in [-0.39, 0.29) is 0 Å². The highest BCUT2D eigenvalue weighted by molar-refractivity contribution is 5.45. The van der Waals surface area contributed by atoms with Crippen molar-refractivity contribution >= 4 is 5.82 Å². The fourth-order valence-electron chi connectivity index (χ4n) is 2.34. The zero-order chi connectivity index (χ0) is 12.8. The molecule has 18 heavy (non-hydrogen) atoms. The lowest BCUT2D eigenvalue weighted by atomic mass is 10.1. The normalized spacial score (nSPS) is 20.1. The summed E-state index contributed by atoms with van der Waals surface area (Å²) in [5.41, 5.74) is 1.16. The van der Waals surface area contributed by atoms with Gasteiger partial charge < -0.3 is 15.0 Å². The second-order valence-corrected chi connectivity index (χ2v) is 4.60. The number of piperidine rings is 1. The molecular formula is C13H22N4O. The minimum absolute atomic E-state index is 0.320. The third kappa shape index (κ3) is 3.17. The Hall–Kier alpha value is -1.20. The van der Waals surface area contributed by atoms with E-state index in [0.717, 1.165) is 50.4 Å². The molecule has 1 aliphatic heterocycles. The van der Waals surface area contributed by atoms with Crippen molar-refractivity contribution in [2.45, 2.75) is 32.4 Å². The van der Waals surface area contributed by atoms with Crippen LogP contribution >= 0.6 is 0 Å². The highest BCUT2D eigenvalue weighted by Crippen LogP contribution is 2.22. The van der Waals surface area contributed by atoms with Gasteiger partial charge in [-0.25, -0.2) is 9.97 Å². The molecule has 0 amide bonds. The number of hydrogen-bond acceptors (Lipinski definition) is 5. The lowest BCUT2D eigenvalue weighted by Crippen LogP contribution is -2.40. The molecule has 0 spiro atoms. The van der Waals surface area contributed by atoms with Gasteiger partial charge in [-0.3, -0.25) is 0 Å². The fourth-order valence-corrected chi connectivity index (χ4v) is 2.34. The minimum Gasteiger partial charge on any atom is -0.380 e. The van der Waals surface area contributed by atoms with Gasteiger partial charge in [0.1, 0.15) is 12.1 Å². The van der Waals surface area contributed by atoms with Gasteiger partial charge in [0.2, 0.25) is 0 Å². The van der Waals surface area contributed by atoms with Crippen LogP contribution in [0.25, 0.3) is 0 Å². The summed E-state index contributed by atoms with van der Waals surface area (Å²) in [5.74, 6) is 1.05. The molecule has 0 saturated carbocycles. The van der Waals surface area contributed by atoms with Crippen molar-refractivity contribution in [1.29, 1.82) is 0 Å². The Balaban J connectivity index is 2.11. The monoisotopic (exact) mass is 250 g/mol. The zero-order valence-electron chi connectivity index (χ0n) is 11.2. The first kappa shape index (κ1) is 13.2. The van der Waals surface area contributed by atoms with E-state index in [9.17, 15) is 0 Å². The van der Waals surface area contributed by atoms with Crippen molar-refractivity contribution in [1.82, 2.24) is 15.3 Å². The smallest absolute Gasteiger partial charge is 0.136 e. The van der Waals surface area contributed by atoms with Crippen molar-refractivity contribution in [3.8, 4) is 0 Å². The average molecular weight is 250 g/mol. The summed E-state index contributed by atoms with van der Waals surface area (Å²) in [6.45, 7) is 5.85. The number of methoxy groups -OCH3 is 1. The van der Waals surface area contributed by atoms with E-state index in [4.69, 9.17) is 4.74 Å². The molecule has 1 atom stereocenters. The van der Waals surface area contributed by atoms with Crippen LogP contribution in [0.1, 0.15) is 25.3 Å².